The lowest BCUT2D eigenvalue weighted by Crippen LogP contribution is -2.35. The molecule has 0 aliphatic carbocycles. The van der Waals surface area contributed by atoms with Crippen molar-refractivity contribution < 1.29 is 4.39 Å². The van der Waals surface area contributed by atoms with E-state index in [1.165, 1.54) is 0 Å². The minimum atomic E-state index is -0.196. The van der Waals surface area contributed by atoms with Crippen LogP contribution in [0.4, 0.5) is 10.2 Å². The molecule has 1 aromatic heterocycles. The third-order valence-electron chi connectivity index (χ3n) is 2.97. The zero-order chi connectivity index (χ0) is 14.4. The zero-order valence-corrected chi connectivity index (χ0v) is 12.7. The van der Waals surface area contributed by atoms with Crippen LogP contribution in [-0.2, 0) is 6.54 Å². The minimum absolute atomic E-state index is 0.196. The molecule has 1 heterocycles. The van der Waals surface area contributed by atoms with Gasteiger partial charge in [-0.2, -0.15) is 0 Å². The molecule has 0 bridgehead atoms. The fourth-order valence-corrected chi connectivity index (χ4v) is 2.00. The van der Waals surface area contributed by atoms with Gasteiger partial charge in [0.2, 0.25) is 0 Å². The van der Waals surface area contributed by atoms with Crippen LogP contribution in [0.3, 0.4) is 0 Å². The van der Waals surface area contributed by atoms with Crippen LogP contribution in [0.2, 0.25) is 0 Å². The molecule has 0 atom stereocenters. The van der Waals surface area contributed by atoms with E-state index in [1.807, 2.05) is 11.8 Å². The van der Waals surface area contributed by atoms with E-state index in [2.05, 4.69) is 38.0 Å². The number of anilines is 1. The van der Waals surface area contributed by atoms with Crippen molar-refractivity contribution in [2.45, 2.75) is 47.2 Å². The molecule has 0 fully saturated rings. The molecule has 1 aromatic rings. The number of hydrogen-bond donors (Lipinski definition) is 1. The third kappa shape index (κ3) is 4.46. The number of nitrogens with one attached hydrogen (secondary N) is 1. The molecular weight excluding hydrogens is 241 g/mol. The lowest BCUT2D eigenvalue weighted by molar-refractivity contribution is 0.533. The van der Waals surface area contributed by atoms with E-state index in [0.29, 0.717) is 23.8 Å². The Morgan fingerprint density at radius 2 is 2.00 bits per heavy atom. The van der Waals surface area contributed by atoms with Crippen molar-refractivity contribution in [1.82, 2.24) is 10.3 Å². The second-order valence-electron chi connectivity index (χ2n) is 5.53. The summed E-state index contributed by atoms with van der Waals surface area (Å²) in [7, 11) is 0. The van der Waals surface area contributed by atoms with E-state index in [4.69, 9.17) is 0 Å². The monoisotopic (exact) mass is 267 g/mol. The minimum Gasteiger partial charge on any atom is -0.351 e. The predicted molar refractivity (Wildman–Crippen MR) is 78.9 cm³/mol. The van der Waals surface area contributed by atoms with Crippen molar-refractivity contribution in [2.75, 3.05) is 18.0 Å². The molecule has 0 aromatic carbocycles. The molecule has 19 heavy (non-hydrogen) atoms. The summed E-state index contributed by atoms with van der Waals surface area (Å²) in [4.78, 5) is 6.28. The quantitative estimate of drug-likeness (QED) is 0.822. The topological polar surface area (TPSA) is 28.2 Å². The van der Waals surface area contributed by atoms with Crippen LogP contribution in [0.25, 0.3) is 0 Å². The first kappa shape index (κ1) is 15.9. The molecule has 0 saturated carbocycles. The lowest BCUT2D eigenvalue weighted by Gasteiger charge is -2.30. The number of halogens is 1. The Labute approximate surface area is 116 Å². The summed E-state index contributed by atoms with van der Waals surface area (Å²) in [5.74, 6) is 0.748. The van der Waals surface area contributed by atoms with Crippen molar-refractivity contribution in [2.24, 2.45) is 5.92 Å². The highest BCUT2D eigenvalue weighted by molar-refractivity contribution is 5.44. The van der Waals surface area contributed by atoms with E-state index in [0.717, 1.165) is 13.1 Å². The number of pyridine rings is 1. The van der Waals surface area contributed by atoms with Gasteiger partial charge in [-0.05, 0) is 32.4 Å². The van der Waals surface area contributed by atoms with Crippen LogP contribution in [0.15, 0.2) is 12.3 Å². The van der Waals surface area contributed by atoms with Crippen LogP contribution in [0.1, 0.15) is 40.2 Å². The summed E-state index contributed by atoms with van der Waals surface area (Å²) in [5.41, 5.74) is 0.682. The Bertz CT molecular complexity index is 391. The predicted octanol–water partition coefficient (Wildman–Crippen LogP) is 3.20. The molecule has 0 radical (unpaired) electrons. The maximum Gasteiger partial charge on any atom is 0.170 e. The Morgan fingerprint density at radius 1 is 1.32 bits per heavy atom. The SMILES string of the molecule is CCNCc1ccnc(N(CC(C)C)C(C)C)c1F. The Hall–Kier alpha value is -1.16. The third-order valence-corrected chi connectivity index (χ3v) is 2.97. The van der Waals surface area contributed by atoms with Gasteiger partial charge in [0, 0.05) is 30.9 Å². The smallest absolute Gasteiger partial charge is 0.170 e. The Kier molecular flexibility index (Phi) is 6.22. The van der Waals surface area contributed by atoms with E-state index in [9.17, 15) is 4.39 Å². The fourth-order valence-electron chi connectivity index (χ4n) is 2.00. The van der Waals surface area contributed by atoms with E-state index in [-0.39, 0.29) is 11.9 Å². The summed E-state index contributed by atoms with van der Waals surface area (Å²) < 4.78 is 14.5. The van der Waals surface area contributed by atoms with Gasteiger partial charge < -0.3 is 10.2 Å². The van der Waals surface area contributed by atoms with Gasteiger partial charge in [-0.15, -0.1) is 0 Å². The standard InChI is InChI=1S/C15H26FN3/c1-6-17-9-13-7-8-18-15(14(13)16)19(12(4)5)10-11(2)3/h7-8,11-12,17H,6,9-10H2,1-5H3. The van der Waals surface area contributed by atoms with Gasteiger partial charge >= 0.3 is 0 Å². The van der Waals surface area contributed by atoms with E-state index >= 15 is 0 Å². The van der Waals surface area contributed by atoms with Crippen molar-refractivity contribution in [1.29, 1.82) is 0 Å². The summed E-state index contributed by atoms with van der Waals surface area (Å²) >= 11 is 0. The first-order valence-corrected chi connectivity index (χ1v) is 7.08. The molecular formula is C15H26FN3. The summed E-state index contributed by atoms with van der Waals surface area (Å²) in [6.45, 7) is 12.6. The number of aromatic nitrogens is 1. The van der Waals surface area contributed by atoms with Crippen molar-refractivity contribution in [3.05, 3.63) is 23.6 Å². The maximum absolute atomic E-state index is 14.5. The van der Waals surface area contributed by atoms with Gasteiger partial charge in [-0.25, -0.2) is 9.37 Å². The van der Waals surface area contributed by atoms with Gasteiger partial charge in [-0.3, -0.25) is 0 Å². The summed E-state index contributed by atoms with van der Waals surface area (Å²) in [6, 6.07) is 1.98. The van der Waals surface area contributed by atoms with Gasteiger partial charge in [0.15, 0.2) is 11.6 Å². The molecule has 3 nitrogen and oxygen atoms in total. The van der Waals surface area contributed by atoms with Crippen LogP contribution in [0.5, 0.6) is 0 Å². The molecule has 0 amide bonds. The highest BCUT2D eigenvalue weighted by Gasteiger charge is 2.19. The average Bonchev–Trinajstić information content (AvgIpc) is 2.34. The molecule has 0 aliphatic rings. The molecule has 4 heteroatoms. The summed E-state index contributed by atoms with van der Waals surface area (Å²) in [6.07, 6.45) is 1.70. The first-order valence-electron chi connectivity index (χ1n) is 7.08. The van der Waals surface area contributed by atoms with E-state index in [1.54, 1.807) is 12.3 Å². The normalized spacial score (nSPS) is 11.4. The van der Waals surface area contributed by atoms with Crippen molar-refractivity contribution >= 4 is 5.82 Å². The number of nitrogens with zero attached hydrogens (tertiary/aromatic N) is 2. The average molecular weight is 267 g/mol. The number of hydrogen-bond acceptors (Lipinski definition) is 3. The highest BCUT2D eigenvalue weighted by atomic mass is 19.1. The molecule has 108 valence electrons. The van der Waals surface area contributed by atoms with Gasteiger partial charge in [0.1, 0.15) is 0 Å². The second-order valence-corrected chi connectivity index (χ2v) is 5.53. The molecule has 0 saturated heterocycles. The van der Waals surface area contributed by atoms with Crippen LogP contribution in [0, 0.1) is 11.7 Å². The van der Waals surface area contributed by atoms with Gasteiger partial charge in [0.05, 0.1) is 0 Å². The van der Waals surface area contributed by atoms with E-state index < -0.39 is 0 Å². The second kappa shape index (κ2) is 7.43. The summed E-state index contributed by atoms with van der Waals surface area (Å²) in [5, 5.41) is 3.16. The molecule has 1 N–H and O–H groups in total. The Morgan fingerprint density at radius 3 is 2.53 bits per heavy atom. The molecule has 1 rings (SSSR count). The lowest BCUT2D eigenvalue weighted by atomic mass is 10.1. The largest absolute Gasteiger partial charge is 0.351 e. The fraction of sp³-hybridized carbons (Fsp3) is 0.667. The van der Waals surface area contributed by atoms with Crippen LogP contribution < -0.4 is 10.2 Å². The zero-order valence-electron chi connectivity index (χ0n) is 12.7. The van der Waals surface area contributed by atoms with Gasteiger partial charge in [-0.1, -0.05) is 20.8 Å². The molecule has 0 unspecified atom stereocenters. The molecule has 0 spiro atoms. The van der Waals surface area contributed by atoms with Crippen molar-refractivity contribution in [3.63, 3.8) is 0 Å². The number of rotatable bonds is 7. The first-order chi connectivity index (χ1) is 8.97. The highest BCUT2D eigenvalue weighted by Crippen LogP contribution is 2.22. The van der Waals surface area contributed by atoms with Crippen molar-refractivity contribution in [3.8, 4) is 0 Å². The van der Waals surface area contributed by atoms with Crippen LogP contribution in [-0.4, -0.2) is 24.1 Å². The molecule has 0 aliphatic heterocycles. The maximum atomic E-state index is 14.5. The van der Waals surface area contributed by atoms with Crippen LogP contribution >= 0.6 is 0 Å². The van der Waals surface area contributed by atoms with Gasteiger partial charge in [0.25, 0.3) is 0 Å². The Balaban J connectivity index is 3.02.